The maximum Gasteiger partial charge on any atom is 0.303 e. The fourth-order valence-corrected chi connectivity index (χ4v) is 5.12. The van der Waals surface area contributed by atoms with E-state index in [1.807, 2.05) is 18.3 Å². The van der Waals surface area contributed by atoms with Crippen molar-refractivity contribution in [2.75, 3.05) is 5.32 Å². The summed E-state index contributed by atoms with van der Waals surface area (Å²) in [5, 5.41) is 11.6. The van der Waals surface area contributed by atoms with E-state index in [0.717, 1.165) is 36.8 Å². The standard InChI is InChI=1S/C28H25ClFN3O3/c29-23-14-22(10-11-24(23)30)31-28(36)25-16-33-15-21(9-12-26(33)32-25)20-7-5-19(6-8-20)18-3-1-17(2-4-18)13-27(34)35/h5-12,14-18H,1-4,13H2,(H,31,36)(H,34,35)/t17-,18-. The van der Waals surface area contributed by atoms with Crippen LogP contribution in [0.3, 0.4) is 0 Å². The normalized spacial score (nSPS) is 17.7. The number of carbonyl (C=O) groups excluding carboxylic acids is 1. The van der Waals surface area contributed by atoms with Gasteiger partial charge < -0.3 is 14.8 Å². The predicted molar refractivity (Wildman–Crippen MR) is 137 cm³/mol. The summed E-state index contributed by atoms with van der Waals surface area (Å²) in [6, 6.07) is 16.3. The Hall–Kier alpha value is -3.71. The van der Waals surface area contributed by atoms with Crippen LogP contribution in [0.15, 0.2) is 67.0 Å². The van der Waals surface area contributed by atoms with Gasteiger partial charge in [-0.25, -0.2) is 9.37 Å². The number of fused-ring (bicyclic) bond motifs is 1. The van der Waals surface area contributed by atoms with Crippen molar-refractivity contribution in [2.24, 2.45) is 5.92 Å². The van der Waals surface area contributed by atoms with E-state index < -0.39 is 17.7 Å². The average molecular weight is 506 g/mol. The van der Waals surface area contributed by atoms with Crippen molar-refractivity contribution >= 4 is 34.8 Å². The Kier molecular flexibility index (Phi) is 6.74. The second-order valence-corrected chi connectivity index (χ2v) is 9.74. The zero-order chi connectivity index (χ0) is 25.2. The van der Waals surface area contributed by atoms with Crippen LogP contribution in [0.2, 0.25) is 5.02 Å². The molecule has 0 saturated heterocycles. The smallest absolute Gasteiger partial charge is 0.303 e. The molecular weight excluding hydrogens is 481 g/mol. The minimum Gasteiger partial charge on any atom is -0.481 e. The van der Waals surface area contributed by atoms with Crippen molar-refractivity contribution in [3.8, 4) is 11.1 Å². The number of carboxylic acid groups (broad SMARTS) is 1. The Balaban J connectivity index is 1.28. The van der Waals surface area contributed by atoms with Crippen LogP contribution in [-0.4, -0.2) is 26.4 Å². The Labute approximate surface area is 212 Å². The van der Waals surface area contributed by atoms with Gasteiger partial charge in [-0.2, -0.15) is 0 Å². The number of amides is 1. The molecule has 0 radical (unpaired) electrons. The van der Waals surface area contributed by atoms with Gasteiger partial charge in [-0.3, -0.25) is 9.59 Å². The van der Waals surface area contributed by atoms with Gasteiger partial charge in [0.1, 0.15) is 17.2 Å². The zero-order valence-corrected chi connectivity index (χ0v) is 20.2. The van der Waals surface area contributed by atoms with Crippen LogP contribution in [0, 0.1) is 11.7 Å². The summed E-state index contributed by atoms with van der Waals surface area (Å²) >= 11 is 5.79. The summed E-state index contributed by atoms with van der Waals surface area (Å²) in [5.41, 5.74) is 4.60. The molecule has 1 aliphatic carbocycles. The van der Waals surface area contributed by atoms with E-state index >= 15 is 0 Å². The highest BCUT2D eigenvalue weighted by atomic mass is 35.5. The minimum atomic E-state index is -0.705. The Morgan fingerprint density at radius 3 is 2.42 bits per heavy atom. The zero-order valence-electron chi connectivity index (χ0n) is 19.5. The number of pyridine rings is 1. The highest BCUT2D eigenvalue weighted by Crippen LogP contribution is 2.37. The molecule has 0 unspecified atom stereocenters. The number of carboxylic acids is 1. The molecule has 184 valence electrons. The van der Waals surface area contributed by atoms with Crippen LogP contribution < -0.4 is 5.32 Å². The first-order valence-corrected chi connectivity index (χ1v) is 12.3. The average Bonchev–Trinajstić information content (AvgIpc) is 3.30. The fraction of sp³-hybridized carbons (Fsp3) is 0.250. The molecule has 1 aliphatic rings. The Morgan fingerprint density at radius 1 is 1.00 bits per heavy atom. The number of rotatable bonds is 6. The molecular formula is C28H25ClFN3O3. The molecule has 0 spiro atoms. The van der Waals surface area contributed by atoms with Gasteiger partial charge in [0.15, 0.2) is 0 Å². The number of aliphatic carboxylic acids is 1. The highest BCUT2D eigenvalue weighted by molar-refractivity contribution is 6.31. The fourth-order valence-electron chi connectivity index (χ4n) is 4.94. The third-order valence-electron chi connectivity index (χ3n) is 6.89. The number of carbonyl (C=O) groups is 2. The van der Waals surface area contributed by atoms with E-state index in [1.165, 1.54) is 23.8 Å². The van der Waals surface area contributed by atoms with E-state index in [9.17, 15) is 14.0 Å². The first kappa shape index (κ1) is 24.0. The lowest BCUT2D eigenvalue weighted by Crippen LogP contribution is -2.16. The molecule has 2 aromatic heterocycles. The molecule has 1 amide bonds. The number of nitrogens with zero attached hydrogens (tertiary/aromatic N) is 2. The molecule has 0 aliphatic heterocycles. The lowest BCUT2D eigenvalue weighted by Gasteiger charge is -2.28. The number of aromatic nitrogens is 2. The Morgan fingerprint density at radius 2 is 1.72 bits per heavy atom. The molecule has 0 atom stereocenters. The predicted octanol–water partition coefficient (Wildman–Crippen LogP) is 6.79. The van der Waals surface area contributed by atoms with Crippen molar-refractivity contribution in [2.45, 2.75) is 38.0 Å². The number of anilines is 1. The number of hydrogen-bond donors (Lipinski definition) is 2. The van der Waals surface area contributed by atoms with Gasteiger partial charge in [-0.05, 0) is 84.5 Å². The lowest BCUT2D eigenvalue weighted by molar-refractivity contribution is -0.138. The first-order valence-electron chi connectivity index (χ1n) is 11.9. The molecule has 6 nitrogen and oxygen atoms in total. The molecule has 5 rings (SSSR count). The van der Waals surface area contributed by atoms with Gasteiger partial charge in [-0.1, -0.05) is 35.9 Å². The number of halogens is 2. The van der Waals surface area contributed by atoms with Crippen molar-refractivity contribution in [1.82, 2.24) is 9.38 Å². The van der Waals surface area contributed by atoms with Crippen molar-refractivity contribution in [1.29, 1.82) is 0 Å². The van der Waals surface area contributed by atoms with Crippen LogP contribution in [0.25, 0.3) is 16.8 Å². The molecule has 0 bridgehead atoms. The van der Waals surface area contributed by atoms with Gasteiger partial charge in [0.25, 0.3) is 5.91 Å². The highest BCUT2D eigenvalue weighted by Gasteiger charge is 2.24. The van der Waals surface area contributed by atoms with Crippen molar-refractivity contribution in [3.63, 3.8) is 0 Å². The lowest BCUT2D eigenvalue weighted by atomic mass is 9.77. The number of hydrogen-bond acceptors (Lipinski definition) is 3. The first-order chi connectivity index (χ1) is 17.4. The SMILES string of the molecule is O=C(O)C[C@H]1CC[C@H](c2ccc(-c3ccc4nc(C(=O)Nc5ccc(F)c(Cl)c5)cn4c3)cc2)CC1. The largest absolute Gasteiger partial charge is 0.481 e. The third kappa shape index (κ3) is 5.26. The monoisotopic (exact) mass is 505 g/mol. The van der Waals surface area contributed by atoms with Crippen LogP contribution >= 0.6 is 11.6 Å². The summed E-state index contributed by atoms with van der Waals surface area (Å²) < 4.78 is 15.2. The quantitative estimate of drug-likeness (QED) is 0.302. The van der Waals surface area contributed by atoms with Crippen LogP contribution in [0.5, 0.6) is 0 Å². The van der Waals surface area contributed by atoms with E-state index in [-0.39, 0.29) is 17.1 Å². The number of benzene rings is 2. The van der Waals surface area contributed by atoms with Gasteiger partial charge in [0.2, 0.25) is 0 Å². The summed E-state index contributed by atoms with van der Waals surface area (Å²) in [6.07, 6.45) is 7.82. The second-order valence-electron chi connectivity index (χ2n) is 9.33. The summed E-state index contributed by atoms with van der Waals surface area (Å²) in [5.74, 6) is -0.905. The molecule has 2 N–H and O–H groups in total. The number of nitrogens with one attached hydrogen (secondary N) is 1. The number of imidazole rings is 1. The van der Waals surface area contributed by atoms with Gasteiger partial charge in [0.05, 0.1) is 5.02 Å². The van der Waals surface area contributed by atoms with Gasteiger partial charge in [0, 0.05) is 24.5 Å². The van der Waals surface area contributed by atoms with E-state index in [0.29, 0.717) is 23.2 Å². The van der Waals surface area contributed by atoms with Crippen LogP contribution in [0.4, 0.5) is 10.1 Å². The summed E-state index contributed by atoms with van der Waals surface area (Å²) in [7, 11) is 0. The molecule has 36 heavy (non-hydrogen) atoms. The van der Waals surface area contributed by atoms with E-state index in [4.69, 9.17) is 16.7 Å². The minimum absolute atomic E-state index is 0.0654. The topological polar surface area (TPSA) is 83.7 Å². The van der Waals surface area contributed by atoms with Crippen molar-refractivity contribution < 1.29 is 19.1 Å². The summed E-state index contributed by atoms with van der Waals surface area (Å²) in [6.45, 7) is 0. The van der Waals surface area contributed by atoms with Crippen molar-refractivity contribution in [3.05, 3.63) is 89.1 Å². The third-order valence-corrected chi connectivity index (χ3v) is 7.18. The maximum atomic E-state index is 13.4. The molecule has 1 saturated carbocycles. The van der Waals surface area contributed by atoms with Gasteiger partial charge >= 0.3 is 5.97 Å². The van der Waals surface area contributed by atoms with E-state index in [2.05, 4.69) is 34.6 Å². The second kappa shape index (κ2) is 10.1. The Bertz CT molecular complexity index is 1430. The molecule has 2 heterocycles. The maximum absolute atomic E-state index is 13.4. The van der Waals surface area contributed by atoms with Crippen LogP contribution in [0.1, 0.15) is 54.1 Å². The summed E-state index contributed by atoms with van der Waals surface area (Å²) in [4.78, 5) is 28.0. The van der Waals surface area contributed by atoms with E-state index in [1.54, 1.807) is 10.6 Å². The molecule has 1 fully saturated rings. The van der Waals surface area contributed by atoms with Gasteiger partial charge in [-0.15, -0.1) is 0 Å². The van der Waals surface area contributed by atoms with Crippen LogP contribution in [-0.2, 0) is 4.79 Å². The molecule has 8 heteroatoms. The molecule has 4 aromatic rings. The molecule has 2 aromatic carbocycles.